The predicted molar refractivity (Wildman–Crippen MR) is 107 cm³/mol. The molecule has 2 amide bonds. The van der Waals surface area contributed by atoms with Crippen LogP contribution in [0.25, 0.3) is 11.0 Å². The fourth-order valence-corrected chi connectivity index (χ4v) is 2.68. The summed E-state index contributed by atoms with van der Waals surface area (Å²) < 4.78 is 15.7. The number of benzene rings is 2. The summed E-state index contributed by atoms with van der Waals surface area (Å²) in [5.74, 6) is -2.07. The number of para-hydroxylation sites is 1. The summed E-state index contributed by atoms with van der Waals surface area (Å²) >= 11 is 0. The molecule has 8 nitrogen and oxygen atoms in total. The van der Waals surface area contributed by atoms with Crippen molar-refractivity contribution in [3.8, 4) is 5.75 Å². The summed E-state index contributed by atoms with van der Waals surface area (Å²) in [7, 11) is 0. The summed E-state index contributed by atoms with van der Waals surface area (Å²) in [6.07, 6.45) is 0. The van der Waals surface area contributed by atoms with Gasteiger partial charge in [0, 0.05) is 11.1 Å². The zero-order valence-electron chi connectivity index (χ0n) is 16.0. The van der Waals surface area contributed by atoms with E-state index in [1.54, 1.807) is 55.5 Å². The molecule has 1 aromatic heterocycles. The highest BCUT2D eigenvalue weighted by atomic mass is 16.5. The molecule has 1 heterocycles. The minimum Gasteiger partial charge on any atom is -0.494 e. The molecule has 0 radical (unpaired) electrons. The number of fused-ring (bicyclic) bond motifs is 1. The second kappa shape index (κ2) is 8.92. The van der Waals surface area contributed by atoms with Crippen LogP contribution < -0.4 is 15.4 Å². The van der Waals surface area contributed by atoms with Crippen molar-refractivity contribution in [2.24, 2.45) is 0 Å². The molecular formula is C21H20N2O6. The standard InChI is InChI=1S/C21H20N2O6/c1-3-27-14-11-9-13(10-12-14)22-19(24)18-17(23-20(25)21(26)28-4-2)15-7-5-6-8-16(15)29-18/h5-12H,3-4H2,1-2H3,(H,22,24)(H,23,25). The summed E-state index contributed by atoms with van der Waals surface area (Å²) in [4.78, 5) is 36.6. The van der Waals surface area contributed by atoms with E-state index in [2.05, 4.69) is 10.6 Å². The molecule has 8 heteroatoms. The van der Waals surface area contributed by atoms with Gasteiger partial charge in [0.1, 0.15) is 17.0 Å². The Morgan fingerprint density at radius 1 is 0.931 bits per heavy atom. The molecule has 3 rings (SSSR count). The number of nitrogens with one attached hydrogen (secondary N) is 2. The number of anilines is 2. The van der Waals surface area contributed by atoms with Crippen LogP contribution in [0, 0.1) is 0 Å². The maximum atomic E-state index is 12.8. The third-order valence-electron chi connectivity index (χ3n) is 3.92. The number of hydrogen-bond donors (Lipinski definition) is 2. The normalized spacial score (nSPS) is 10.4. The number of rotatable bonds is 6. The van der Waals surface area contributed by atoms with Gasteiger partial charge in [0.05, 0.1) is 13.2 Å². The molecule has 0 fully saturated rings. The van der Waals surface area contributed by atoms with E-state index in [-0.39, 0.29) is 18.1 Å². The Hall–Kier alpha value is -3.81. The van der Waals surface area contributed by atoms with Gasteiger partial charge >= 0.3 is 11.9 Å². The third kappa shape index (κ3) is 4.55. The second-order valence-electron chi connectivity index (χ2n) is 5.89. The van der Waals surface area contributed by atoms with Crippen LogP contribution in [0.2, 0.25) is 0 Å². The smallest absolute Gasteiger partial charge is 0.397 e. The van der Waals surface area contributed by atoms with Crippen molar-refractivity contribution in [3.05, 3.63) is 54.3 Å². The van der Waals surface area contributed by atoms with Gasteiger partial charge in [0.15, 0.2) is 0 Å². The van der Waals surface area contributed by atoms with Crippen LogP contribution in [0.5, 0.6) is 5.75 Å². The fraction of sp³-hybridized carbons (Fsp3) is 0.190. The first kappa shape index (κ1) is 19.9. The predicted octanol–water partition coefficient (Wildman–Crippen LogP) is 3.59. The highest BCUT2D eigenvalue weighted by molar-refractivity contribution is 6.38. The van der Waals surface area contributed by atoms with Crippen molar-refractivity contribution < 1.29 is 28.3 Å². The lowest BCUT2D eigenvalue weighted by Gasteiger charge is -2.08. The van der Waals surface area contributed by atoms with Gasteiger partial charge in [0.2, 0.25) is 5.76 Å². The molecular weight excluding hydrogens is 376 g/mol. The van der Waals surface area contributed by atoms with E-state index in [9.17, 15) is 14.4 Å². The van der Waals surface area contributed by atoms with Crippen LogP contribution in [0.1, 0.15) is 24.4 Å². The molecule has 0 bridgehead atoms. The average molecular weight is 396 g/mol. The summed E-state index contributed by atoms with van der Waals surface area (Å²) in [5, 5.41) is 5.61. The average Bonchev–Trinajstić information content (AvgIpc) is 3.08. The number of carbonyl (C=O) groups is 3. The summed E-state index contributed by atoms with van der Waals surface area (Å²) in [6, 6.07) is 13.6. The first-order valence-electron chi connectivity index (χ1n) is 9.07. The number of amides is 2. The molecule has 0 unspecified atom stereocenters. The molecule has 0 saturated carbocycles. The molecule has 2 aromatic carbocycles. The molecule has 0 atom stereocenters. The number of ether oxygens (including phenoxy) is 2. The monoisotopic (exact) mass is 396 g/mol. The molecule has 0 aliphatic rings. The van der Waals surface area contributed by atoms with Crippen molar-refractivity contribution in [1.82, 2.24) is 0 Å². The van der Waals surface area contributed by atoms with Crippen molar-refractivity contribution in [2.75, 3.05) is 23.8 Å². The van der Waals surface area contributed by atoms with E-state index in [0.717, 1.165) is 0 Å². The fourth-order valence-electron chi connectivity index (χ4n) is 2.68. The van der Waals surface area contributed by atoms with Crippen LogP contribution in [0.3, 0.4) is 0 Å². The van der Waals surface area contributed by atoms with E-state index >= 15 is 0 Å². The quantitative estimate of drug-likeness (QED) is 0.487. The molecule has 2 N–H and O–H groups in total. The molecule has 0 aliphatic carbocycles. The Bertz CT molecular complexity index is 1040. The zero-order chi connectivity index (χ0) is 20.8. The molecule has 29 heavy (non-hydrogen) atoms. The van der Waals surface area contributed by atoms with Gasteiger partial charge in [-0.05, 0) is 50.2 Å². The van der Waals surface area contributed by atoms with Gasteiger partial charge in [-0.3, -0.25) is 9.59 Å². The number of hydrogen-bond acceptors (Lipinski definition) is 6. The van der Waals surface area contributed by atoms with E-state index in [1.807, 2.05) is 6.92 Å². The van der Waals surface area contributed by atoms with E-state index in [0.29, 0.717) is 29.0 Å². The number of carbonyl (C=O) groups excluding carboxylic acids is 3. The summed E-state index contributed by atoms with van der Waals surface area (Å²) in [6.45, 7) is 4.06. The van der Waals surface area contributed by atoms with Crippen molar-refractivity contribution in [2.45, 2.75) is 13.8 Å². The third-order valence-corrected chi connectivity index (χ3v) is 3.92. The minimum atomic E-state index is -1.05. The van der Waals surface area contributed by atoms with E-state index in [4.69, 9.17) is 13.9 Å². The first-order chi connectivity index (χ1) is 14.0. The highest BCUT2D eigenvalue weighted by Gasteiger charge is 2.25. The van der Waals surface area contributed by atoms with Gasteiger partial charge < -0.3 is 24.5 Å². The molecule has 0 aliphatic heterocycles. The second-order valence-corrected chi connectivity index (χ2v) is 5.89. The first-order valence-corrected chi connectivity index (χ1v) is 9.07. The Kier molecular flexibility index (Phi) is 6.13. The number of furan rings is 1. The molecule has 3 aromatic rings. The Morgan fingerprint density at radius 3 is 2.34 bits per heavy atom. The largest absolute Gasteiger partial charge is 0.494 e. The number of esters is 1. The maximum Gasteiger partial charge on any atom is 0.397 e. The van der Waals surface area contributed by atoms with Crippen molar-refractivity contribution in [3.63, 3.8) is 0 Å². The maximum absolute atomic E-state index is 12.8. The van der Waals surface area contributed by atoms with Crippen LogP contribution in [0.15, 0.2) is 52.9 Å². The van der Waals surface area contributed by atoms with Crippen molar-refractivity contribution in [1.29, 1.82) is 0 Å². The minimum absolute atomic E-state index is 0.0590. The molecule has 150 valence electrons. The van der Waals surface area contributed by atoms with Crippen molar-refractivity contribution >= 4 is 40.1 Å². The zero-order valence-corrected chi connectivity index (χ0v) is 16.0. The lowest BCUT2D eigenvalue weighted by molar-refractivity contribution is -0.152. The lowest BCUT2D eigenvalue weighted by Crippen LogP contribution is -2.26. The molecule has 0 saturated heterocycles. The van der Waals surface area contributed by atoms with Gasteiger partial charge in [-0.25, -0.2) is 4.79 Å². The summed E-state index contributed by atoms with van der Waals surface area (Å²) in [5.41, 5.74) is 1.01. The van der Waals surface area contributed by atoms with Crippen LogP contribution in [-0.4, -0.2) is 31.0 Å². The SMILES string of the molecule is CCOC(=O)C(=O)Nc1c(C(=O)Nc2ccc(OCC)cc2)oc2ccccc12. The van der Waals surface area contributed by atoms with Crippen LogP contribution in [-0.2, 0) is 14.3 Å². The van der Waals surface area contributed by atoms with Gasteiger partial charge in [-0.15, -0.1) is 0 Å². The van der Waals surface area contributed by atoms with Gasteiger partial charge in [0.25, 0.3) is 5.91 Å². The topological polar surface area (TPSA) is 107 Å². The van der Waals surface area contributed by atoms with Crippen LogP contribution >= 0.6 is 0 Å². The van der Waals surface area contributed by atoms with E-state index in [1.165, 1.54) is 0 Å². The Balaban J connectivity index is 1.88. The Labute approximate surface area is 166 Å². The van der Waals surface area contributed by atoms with Crippen LogP contribution in [0.4, 0.5) is 11.4 Å². The highest BCUT2D eigenvalue weighted by Crippen LogP contribution is 2.31. The van der Waals surface area contributed by atoms with E-state index < -0.39 is 17.8 Å². The molecule has 0 spiro atoms. The van der Waals surface area contributed by atoms with Gasteiger partial charge in [-0.2, -0.15) is 0 Å². The Morgan fingerprint density at radius 2 is 1.66 bits per heavy atom. The lowest BCUT2D eigenvalue weighted by atomic mass is 10.2. The van der Waals surface area contributed by atoms with Gasteiger partial charge in [-0.1, -0.05) is 12.1 Å².